The summed E-state index contributed by atoms with van der Waals surface area (Å²) < 4.78 is 11.2. The van der Waals surface area contributed by atoms with E-state index < -0.39 is 0 Å². The summed E-state index contributed by atoms with van der Waals surface area (Å²) in [5, 5.41) is 0. The summed E-state index contributed by atoms with van der Waals surface area (Å²) in [6, 6.07) is 0. The summed E-state index contributed by atoms with van der Waals surface area (Å²) in [6.07, 6.45) is 3.95. The Morgan fingerprint density at radius 1 is 1.37 bits per heavy atom. The van der Waals surface area contributed by atoms with E-state index in [1.165, 1.54) is 11.1 Å². The predicted molar refractivity (Wildman–Crippen MR) is 72.4 cm³/mol. The average molecular weight is 260 g/mol. The number of methoxy groups -OCH3 is 1. The van der Waals surface area contributed by atoms with Gasteiger partial charge >= 0.3 is 5.97 Å². The summed E-state index contributed by atoms with van der Waals surface area (Å²) in [5.41, 5.74) is 3.09. The third kappa shape index (κ3) is 1.71. The maximum atomic E-state index is 11.8. The Morgan fingerprint density at radius 2 is 2.11 bits per heavy atom. The largest absolute Gasteiger partial charge is 0.458 e. The number of carbonyl (C=O) groups is 1. The van der Waals surface area contributed by atoms with Gasteiger partial charge < -0.3 is 9.47 Å². The highest BCUT2D eigenvalue weighted by atomic mass is 16.6. The fourth-order valence-electron chi connectivity index (χ4n) is 3.93. The molecule has 0 radical (unpaired) electrons. The molecule has 1 saturated carbocycles. The van der Waals surface area contributed by atoms with Gasteiger partial charge in [-0.3, -0.25) is 0 Å². The molecule has 0 unspecified atom stereocenters. The Hall–Kier alpha value is -1.35. The van der Waals surface area contributed by atoms with Gasteiger partial charge in [0.05, 0.1) is 6.10 Å². The van der Waals surface area contributed by atoms with E-state index >= 15 is 0 Å². The van der Waals surface area contributed by atoms with Crippen LogP contribution in [0.2, 0.25) is 0 Å². The van der Waals surface area contributed by atoms with Crippen LogP contribution in [-0.4, -0.2) is 25.3 Å². The maximum absolute atomic E-state index is 11.8. The molecular weight excluding hydrogens is 240 g/mol. The van der Waals surface area contributed by atoms with Gasteiger partial charge in [0.1, 0.15) is 6.10 Å². The van der Waals surface area contributed by atoms with Crippen LogP contribution in [0.15, 0.2) is 36.0 Å². The molecule has 3 rings (SSSR count). The van der Waals surface area contributed by atoms with Crippen molar-refractivity contribution in [2.75, 3.05) is 7.11 Å². The van der Waals surface area contributed by atoms with E-state index in [2.05, 4.69) is 26.2 Å². The van der Waals surface area contributed by atoms with Crippen LogP contribution < -0.4 is 0 Å². The molecule has 1 aliphatic heterocycles. The van der Waals surface area contributed by atoms with Gasteiger partial charge in [-0.1, -0.05) is 30.4 Å². The molecule has 0 bridgehead atoms. The number of rotatable bonds is 1. The van der Waals surface area contributed by atoms with Crippen molar-refractivity contribution in [3.05, 3.63) is 36.0 Å². The van der Waals surface area contributed by atoms with E-state index in [-0.39, 0.29) is 35.9 Å². The Balaban J connectivity index is 2.01. The van der Waals surface area contributed by atoms with Crippen LogP contribution in [0.5, 0.6) is 0 Å². The number of carbonyl (C=O) groups excluding carboxylic acids is 1. The molecule has 0 aromatic heterocycles. The van der Waals surface area contributed by atoms with Crippen LogP contribution in [0, 0.1) is 17.8 Å². The lowest BCUT2D eigenvalue weighted by Gasteiger charge is -2.29. The minimum atomic E-state index is -0.227. The van der Waals surface area contributed by atoms with E-state index in [0.717, 1.165) is 12.8 Å². The van der Waals surface area contributed by atoms with E-state index in [4.69, 9.17) is 9.47 Å². The van der Waals surface area contributed by atoms with Crippen molar-refractivity contribution in [2.24, 2.45) is 17.8 Å². The monoisotopic (exact) mass is 260 g/mol. The van der Waals surface area contributed by atoms with Gasteiger partial charge in [0.25, 0.3) is 0 Å². The first-order valence-electron chi connectivity index (χ1n) is 6.83. The molecule has 1 heterocycles. The summed E-state index contributed by atoms with van der Waals surface area (Å²) in [5.74, 6) is 0.347. The lowest BCUT2D eigenvalue weighted by atomic mass is 9.80. The van der Waals surface area contributed by atoms with Gasteiger partial charge in [-0.15, -0.1) is 0 Å². The molecule has 0 N–H and O–H groups in total. The summed E-state index contributed by atoms with van der Waals surface area (Å²) in [6.45, 7) is 10.2. The molecule has 0 aromatic rings. The highest BCUT2D eigenvalue weighted by molar-refractivity contribution is 5.91. The molecule has 5 atom stereocenters. The van der Waals surface area contributed by atoms with Crippen molar-refractivity contribution in [1.29, 1.82) is 0 Å². The van der Waals surface area contributed by atoms with Crippen LogP contribution in [0.25, 0.3) is 0 Å². The Labute approximate surface area is 114 Å². The van der Waals surface area contributed by atoms with E-state index in [1.54, 1.807) is 7.11 Å². The second-order valence-corrected chi connectivity index (χ2v) is 5.86. The van der Waals surface area contributed by atoms with Crippen LogP contribution in [0.1, 0.15) is 19.8 Å². The van der Waals surface area contributed by atoms with Crippen LogP contribution >= 0.6 is 0 Å². The van der Waals surface area contributed by atoms with E-state index in [9.17, 15) is 4.79 Å². The normalized spacial score (nSPS) is 41.5. The van der Waals surface area contributed by atoms with Gasteiger partial charge in [-0.05, 0) is 19.8 Å². The summed E-state index contributed by atoms with van der Waals surface area (Å²) in [7, 11) is 1.73. The predicted octanol–water partition coefficient (Wildman–Crippen LogP) is 2.64. The summed E-state index contributed by atoms with van der Waals surface area (Å²) in [4.78, 5) is 11.8. The second-order valence-electron chi connectivity index (χ2n) is 5.86. The fourth-order valence-corrected chi connectivity index (χ4v) is 3.93. The van der Waals surface area contributed by atoms with E-state index in [0.29, 0.717) is 5.57 Å². The van der Waals surface area contributed by atoms with Crippen LogP contribution in [-0.2, 0) is 14.3 Å². The zero-order valence-corrected chi connectivity index (χ0v) is 11.5. The van der Waals surface area contributed by atoms with Crippen molar-refractivity contribution < 1.29 is 14.3 Å². The first-order chi connectivity index (χ1) is 9.04. The third-order valence-electron chi connectivity index (χ3n) is 4.92. The zero-order chi connectivity index (χ0) is 13.7. The van der Waals surface area contributed by atoms with Gasteiger partial charge in [-0.25, -0.2) is 4.79 Å². The second kappa shape index (κ2) is 4.34. The first kappa shape index (κ1) is 12.7. The third-order valence-corrected chi connectivity index (χ3v) is 4.92. The highest BCUT2D eigenvalue weighted by Crippen LogP contribution is 2.50. The van der Waals surface area contributed by atoms with E-state index in [1.807, 2.05) is 0 Å². The standard InChI is InChI=1S/C16H20O3/c1-8-5-6-11-10(3)16(17)19-15(11)14-9(2)7-12(18-4)13(8)14/h7,11-15H,1,3,5-6H2,2,4H3/t11-,12+,13-,14+,15-/m1/s1. The van der Waals surface area contributed by atoms with Crippen molar-refractivity contribution in [1.82, 2.24) is 0 Å². The molecule has 1 saturated heterocycles. The SMILES string of the molecule is C=C1CC[C@@H]2C(=C)C(=O)O[C@H]2[C@H]2C(C)=C[C@H](OC)[C@@H]12. The van der Waals surface area contributed by atoms with Gasteiger partial charge in [-0.2, -0.15) is 0 Å². The Kier molecular flexibility index (Phi) is 2.90. The van der Waals surface area contributed by atoms with Gasteiger partial charge in [0, 0.05) is 30.4 Å². The van der Waals surface area contributed by atoms with Crippen molar-refractivity contribution >= 4 is 5.97 Å². The Morgan fingerprint density at radius 3 is 2.79 bits per heavy atom. The lowest BCUT2D eigenvalue weighted by molar-refractivity contribution is -0.141. The molecular formula is C16H20O3. The Bertz CT molecular complexity index is 488. The molecule has 0 aromatic carbocycles. The topological polar surface area (TPSA) is 35.5 Å². The molecule has 19 heavy (non-hydrogen) atoms. The fraction of sp³-hybridized carbons (Fsp3) is 0.562. The molecule has 3 aliphatic rings. The number of hydrogen-bond acceptors (Lipinski definition) is 3. The number of hydrogen-bond donors (Lipinski definition) is 0. The molecule has 3 nitrogen and oxygen atoms in total. The zero-order valence-electron chi connectivity index (χ0n) is 11.5. The molecule has 3 heteroatoms. The van der Waals surface area contributed by atoms with Crippen molar-refractivity contribution in [3.8, 4) is 0 Å². The number of esters is 1. The van der Waals surface area contributed by atoms with Gasteiger partial charge in [0.15, 0.2) is 0 Å². The maximum Gasteiger partial charge on any atom is 0.334 e. The van der Waals surface area contributed by atoms with Crippen LogP contribution in [0.4, 0.5) is 0 Å². The smallest absolute Gasteiger partial charge is 0.334 e. The van der Waals surface area contributed by atoms with Crippen LogP contribution in [0.3, 0.4) is 0 Å². The quantitative estimate of drug-likeness (QED) is 0.413. The minimum Gasteiger partial charge on any atom is -0.458 e. The molecule has 2 fully saturated rings. The first-order valence-corrected chi connectivity index (χ1v) is 6.83. The average Bonchev–Trinajstić information content (AvgIpc) is 2.80. The minimum absolute atomic E-state index is 0.0591. The number of fused-ring (bicyclic) bond motifs is 3. The van der Waals surface area contributed by atoms with Gasteiger partial charge in [0.2, 0.25) is 0 Å². The van der Waals surface area contributed by atoms with Crippen molar-refractivity contribution in [3.63, 3.8) is 0 Å². The number of ether oxygens (including phenoxy) is 2. The highest BCUT2D eigenvalue weighted by Gasteiger charge is 2.52. The molecule has 2 aliphatic carbocycles. The lowest BCUT2D eigenvalue weighted by Crippen LogP contribution is -2.33. The molecule has 0 spiro atoms. The summed E-state index contributed by atoms with van der Waals surface area (Å²) >= 11 is 0. The molecule has 0 amide bonds. The van der Waals surface area contributed by atoms with Crippen molar-refractivity contribution in [2.45, 2.75) is 32.0 Å². The molecule has 102 valence electrons.